The van der Waals surface area contributed by atoms with Gasteiger partial charge in [0.2, 0.25) is 11.8 Å². The van der Waals surface area contributed by atoms with E-state index in [4.69, 9.17) is 4.42 Å². The maximum atomic E-state index is 5.99. The zero-order valence-electron chi connectivity index (χ0n) is 15.3. The van der Waals surface area contributed by atoms with E-state index in [1.807, 2.05) is 26.2 Å². The highest BCUT2D eigenvalue weighted by molar-refractivity contribution is 5.58. The molecule has 5 heteroatoms. The van der Waals surface area contributed by atoms with Crippen molar-refractivity contribution in [1.29, 1.82) is 0 Å². The van der Waals surface area contributed by atoms with Crippen LogP contribution in [0.15, 0.2) is 59.0 Å². The van der Waals surface area contributed by atoms with Crippen LogP contribution in [0.5, 0.6) is 0 Å². The average Bonchev–Trinajstić information content (AvgIpc) is 3.32. The first-order valence-corrected chi connectivity index (χ1v) is 9.06. The number of aromatic nitrogens is 2. The second-order valence-corrected chi connectivity index (χ2v) is 7.09. The van der Waals surface area contributed by atoms with Crippen LogP contribution in [0.25, 0.3) is 11.5 Å². The fourth-order valence-electron chi connectivity index (χ4n) is 3.44. The van der Waals surface area contributed by atoms with Crippen molar-refractivity contribution in [3.8, 4) is 11.5 Å². The van der Waals surface area contributed by atoms with E-state index in [1.54, 1.807) is 0 Å². The molecule has 134 valence electrons. The van der Waals surface area contributed by atoms with Gasteiger partial charge in [-0.1, -0.05) is 30.3 Å². The number of benzene rings is 2. The highest BCUT2D eigenvalue weighted by Crippen LogP contribution is 2.30. The largest absolute Gasteiger partial charge is 0.420 e. The van der Waals surface area contributed by atoms with Crippen molar-refractivity contribution in [2.75, 3.05) is 32.1 Å². The third kappa shape index (κ3) is 3.63. The van der Waals surface area contributed by atoms with Crippen LogP contribution in [0, 0.1) is 0 Å². The Morgan fingerprint density at radius 1 is 1.04 bits per heavy atom. The quantitative estimate of drug-likeness (QED) is 0.702. The van der Waals surface area contributed by atoms with Crippen molar-refractivity contribution in [3.63, 3.8) is 0 Å². The lowest BCUT2D eigenvalue weighted by atomic mass is 10.1. The van der Waals surface area contributed by atoms with Gasteiger partial charge in [0.1, 0.15) is 0 Å². The minimum Gasteiger partial charge on any atom is -0.420 e. The number of anilines is 1. The second-order valence-electron chi connectivity index (χ2n) is 7.09. The fourth-order valence-corrected chi connectivity index (χ4v) is 3.44. The van der Waals surface area contributed by atoms with Crippen molar-refractivity contribution in [1.82, 2.24) is 15.1 Å². The van der Waals surface area contributed by atoms with Crippen molar-refractivity contribution in [2.24, 2.45) is 0 Å². The van der Waals surface area contributed by atoms with E-state index in [9.17, 15) is 0 Å². The maximum Gasteiger partial charge on any atom is 0.247 e. The second kappa shape index (κ2) is 7.30. The molecule has 2 heterocycles. The minimum atomic E-state index is 0.320. The van der Waals surface area contributed by atoms with Gasteiger partial charge in [-0.3, -0.25) is 4.90 Å². The summed E-state index contributed by atoms with van der Waals surface area (Å²) < 4.78 is 5.99. The van der Waals surface area contributed by atoms with Crippen LogP contribution in [-0.2, 0) is 6.54 Å². The molecule has 1 aromatic heterocycles. The maximum absolute atomic E-state index is 5.99. The Balaban J connectivity index is 1.42. The first-order chi connectivity index (χ1) is 12.7. The highest BCUT2D eigenvalue weighted by Gasteiger charge is 2.28. The Morgan fingerprint density at radius 2 is 1.81 bits per heavy atom. The lowest BCUT2D eigenvalue weighted by Crippen LogP contribution is -2.19. The van der Waals surface area contributed by atoms with E-state index in [0.717, 1.165) is 43.2 Å². The predicted octanol–water partition coefficient (Wildman–Crippen LogP) is 3.79. The van der Waals surface area contributed by atoms with Crippen molar-refractivity contribution in [2.45, 2.75) is 18.9 Å². The molecule has 0 bridgehead atoms. The fraction of sp³-hybridized carbons (Fsp3) is 0.333. The van der Waals surface area contributed by atoms with Crippen molar-refractivity contribution in [3.05, 3.63) is 66.1 Å². The molecule has 5 nitrogen and oxygen atoms in total. The Morgan fingerprint density at radius 3 is 2.54 bits per heavy atom. The summed E-state index contributed by atoms with van der Waals surface area (Å²) in [6.07, 6.45) is 1.06. The topological polar surface area (TPSA) is 45.4 Å². The Labute approximate surface area is 154 Å². The standard InChI is InChI=1S/C21H24N4O/c1-24(2)19-10-8-17(9-11-19)20-22-23-21(26-20)18-12-13-25(15-18)14-16-6-4-3-5-7-16/h3-11,18H,12-15H2,1-2H3/t18-/m0/s1. The summed E-state index contributed by atoms with van der Waals surface area (Å²) >= 11 is 0. The average molecular weight is 348 g/mol. The van der Waals surface area contributed by atoms with Crippen LogP contribution in [0.2, 0.25) is 0 Å². The zero-order valence-corrected chi connectivity index (χ0v) is 15.3. The van der Waals surface area contributed by atoms with Crippen LogP contribution in [0.1, 0.15) is 23.8 Å². The molecule has 4 rings (SSSR count). The molecule has 26 heavy (non-hydrogen) atoms. The first kappa shape index (κ1) is 16.8. The Bertz CT molecular complexity index is 842. The summed E-state index contributed by atoms with van der Waals surface area (Å²) in [6, 6.07) is 18.8. The van der Waals surface area contributed by atoms with Gasteiger partial charge in [0.15, 0.2) is 0 Å². The molecular weight excluding hydrogens is 324 g/mol. The number of rotatable bonds is 5. The SMILES string of the molecule is CN(C)c1ccc(-c2nnc([C@H]3CCN(Cc4ccccc4)C3)o2)cc1. The molecule has 3 aromatic rings. The normalized spacial score (nSPS) is 17.5. The summed E-state index contributed by atoms with van der Waals surface area (Å²) in [7, 11) is 4.06. The molecule has 2 aromatic carbocycles. The lowest BCUT2D eigenvalue weighted by Gasteiger charge is -2.15. The molecular formula is C21H24N4O. The van der Waals surface area contributed by atoms with Gasteiger partial charge in [0.05, 0.1) is 5.92 Å². The van der Waals surface area contributed by atoms with E-state index < -0.39 is 0 Å². The summed E-state index contributed by atoms with van der Waals surface area (Å²) in [6.45, 7) is 3.01. The molecule has 1 aliphatic heterocycles. The molecule has 1 saturated heterocycles. The predicted molar refractivity (Wildman–Crippen MR) is 103 cm³/mol. The van der Waals surface area contributed by atoms with E-state index in [1.165, 1.54) is 5.56 Å². The lowest BCUT2D eigenvalue weighted by molar-refractivity contribution is 0.320. The highest BCUT2D eigenvalue weighted by atomic mass is 16.4. The van der Waals surface area contributed by atoms with Crippen LogP contribution < -0.4 is 4.90 Å². The van der Waals surface area contributed by atoms with Gasteiger partial charge in [0.25, 0.3) is 0 Å². The summed E-state index contributed by atoms with van der Waals surface area (Å²) in [5.41, 5.74) is 3.47. The first-order valence-electron chi connectivity index (χ1n) is 9.06. The molecule has 0 unspecified atom stereocenters. The molecule has 0 saturated carbocycles. The smallest absolute Gasteiger partial charge is 0.247 e. The summed E-state index contributed by atoms with van der Waals surface area (Å²) in [4.78, 5) is 4.53. The van der Waals surface area contributed by atoms with Crippen LogP contribution in [0.3, 0.4) is 0 Å². The molecule has 1 fully saturated rings. The summed E-state index contributed by atoms with van der Waals surface area (Å²) in [5.74, 6) is 1.68. The van der Waals surface area contributed by atoms with Gasteiger partial charge in [-0.2, -0.15) is 0 Å². The number of nitrogens with zero attached hydrogens (tertiary/aromatic N) is 4. The van der Waals surface area contributed by atoms with Crippen LogP contribution >= 0.6 is 0 Å². The van der Waals surface area contributed by atoms with Gasteiger partial charge in [-0.05, 0) is 42.8 Å². The minimum absolute atomic E-state index is 0.320. The van der Waals surface area contributed by atoms with Gasteiger partial charge in [0, 0.05) is 38.4 Å². The van der Waals surface area contributed by atoms with E-state index in [0.29, 0.717) is 11.8 Å². The third-order valence-electron chi connectivity index (χ3n) is 4.94. The van der Waals surface area contributed by atoms with Gasteiger partial charge in [-0.15, -0.1) is 10.2 Å². The molecule has 0 N–H and O–H groups in total. The van der Waals surface area contributed by atoms with E-state index in [-0.39, 0.29) is 0 Å². The van der Waals surface area contributed by atoms with E-state index in [2.05, 4.69) is 62.5 Å². The molecule has 0 radical (unpaired) electrons. The molecule has 0 aliphatic carbocycles. The summed E-state index contributed by atoms with van der Waals surface area (Å²) in [5, 5.41) is 8.59. The Hall–Kier alpha value is -2.66. The van der Waals surface area contributed by atoms with Crippen LogP contribution in [-0.4, -0.2) is 42.3 Å². The van der Waals surface area contributed by atoms with Crippen molar-refractivity contribution >= 4 is 5.69 Å². The third-order valence-corrected chi connectivity index (χ3v) is 4.94. The van der Waals surface area contributed by atoms with Gasteiger partial charge >= 0.3 is 0 Å². The number of likely N-dealkylation sites (tertiary alicyclic amines) is 1. The number of hydrogen-bond donors (Lipinski definition) is 0. The zero-order chi connectivity index (χ0) is 17.9. The van der Waals surface area contributed by atoms with Crippen LogP contribution in [0.4, 0.5) is 5.69 Å². The van der Waals surface area contributed by atoms with E-state index >= 15 is 0 Å². The molecule has 1 atom stereocenters. The van der Waals surface area contributed by atoms with Gasteiger partial charge in [-0.25, -0.2) is 0 Å². The number of hydrogen-bond acceptors (Lipinski definition) is 5. The van der Waals surface area contributed by atoms with Gasteiger partial charge < -0.3 is 9.32 Å². The molecule has 1 aliphatic rings. The monoisotopic (exact) mass is 348 g/mol. The molecule has 0 amide bonds. The molecule has 0 spiro atoms. The van der Waals surface area contributed by atoms with Crippen molar-refractivity contribution < 1.29 is 4.42 Å². The Kier molecular flexibility index (Phi) is 4.71.